The quantitative estimate of drug-likeness (QED) is 0.270. The Morgan fingerprint density at radius 1 is 1.27 bits per heavy atom. The SMILES string of the molecule is C=C(CCCC)NCCCNc1ncnc2[nH]c(O)c(C=Nc3cccc(C)c3)c12. The molecule has 7 heteroatoms. The van der Waals surface area contributed by atoms with E-state index in [0.717, 1.165) is 54.7 Å². The van der Waals surface area contributed by atoms with Crippen LogP contribution in [0.5, 0.6) is 5.88 Å². The van der Waals surface area contributed by atoms with Gasteiger partial charge in [-0.05, 0) is 43.9 Å². The van der Waals surface area contributed by atoms with Crippen molar-refractivity contribution >= 4 is 28.8 Å². The van der Waals surface area contributed by atoms with E-state index in [1.165, 1.54) is 12.7 Å². The second-order valence-corrected chi connectivity index (χ2v) is 7.34. The maximum atomic E-state index is 10.4. The van der Waals surface area contributed by atoms with Crippen molar-refractivity contribution in [2.75, 3.05) is 18.4 Å². The summed E-state index contributed by atoms with van der Waals surface area (Å²) in [5.74, 6) is 0.700. The number of allylic oxidation sites excluding steroid dienone is 1. The molecule has 1 aromatic carbocycles. The first-order valence-corrected chi connectivity index (χ1v) is 10.4. The van der Waals surface area contributed by atoms with Crippen molar-refractivity contribution in [2.24, 2.45) is 4.99 Å². The number of hydrogen-bond donors (Lipinski definition) is 4. The lowest BCUT2D eigenvalue weighted by Gasteiger charge is -2.10. The first kappa shape index (κ1) is 21.4. The number of fused-ring (bicyclic) bond motifs is 1. The van der Waals surface area contributed by atoms with Crippen LogP contribution in [0.4, 0.5) is 11.5 Å². The highest BCUT2D eigenvalue weighted by Crippen LogP contribution is 2.29. The molecule has 0 aliphatic rings. The maximum Gasteiger partial charge on any atom is 0.199 e. The van der Waals surface area contributed by atoms with E-state index < -0.39 is 0 Å². The average Bonchev–Trinajstić information content (AvgIpc) is 3.06. The molecule has 7 nitrogen and oxygen atoms in total. The van der Waals surface area contributed by atoms with Gasteiger partial charge in [0.05, 0.1) is 16.6 Å². The second kappa shape index (κ2) is 10.4. The zero-order chi connectivity index (χ0) is 21.3. The Balaban J connectivity index is 1.68. The minimum absolute atomic E-state index is 0.0267. The molecule has 0 aliphatic carbocycles. The molecule has 0 saturated carbocycles. The van der Waals surface area contributed by atoms with Crippen LogP contribution in [0.1, 0.15) is 43.7 Å². The molecule has 158 valence electrons. The third-order valence-electron chi connectivity index (χ3n) is 4.81. The Kier molecular flexibility index (Phi) is 7.43. The Labute approximate surface area is 177 Å². The summed E-state index contributed by atoms with van der Waals surface area (Å²) < 4.78 is 0. The number of anilines is 1. The van der Waals surface area contributed by atoms with Crippen LogP contribution >= 0.6 is 0 Å². The van der Waals surface area contributed by atoms with Crippen LogP contribution in [-0.4, -0.2) is 39.4 Å². The van der Waals surface area contributed by atoms with Gasteiger partial charge >= 0.3 is 0 Å². The van der Waals surface area contributed by atoms with E-state index in [-0.39, 0.29) is 5.88 Å². The molecule has 0 amide bonds. The topological polar surface area (TPSA) is 98.2 Å². The molecule has 0 spiro atoms. The monoisotopic (exact) mass is 406 g/mol. The van der Waals surface area contributed by atoms with E-state index in [0.29, 0.717) is 17.0 Å². The third kappa shape index (κ3) is 5.59. The fraction of sp³-hybridized carbons (Fsp3) is 0.348. The van der Waals surface area contributed by atoms with E-state index in [1.54, 1.807) is 6.21 Å². The number of nitrogens with zero attached hydrogens (tertiary/aromatic N) is 3. The Morgan fingerprint density at radius 3 is 2.93 bits per heavy atom. The minimum Gasteiger partial charge on any atom is -0.494 e. The summed E-state index contributed by atoms with van der Waals surface area (Å²) in [6.07, 6.45) is 7.39. The molecule has 2 heterocycles. The van der Waals surface area contributed by atoms with Gasteiger partial charge in [0.15, 0.2) is 5.88 Å². The Morgan fingerprint density at radius 2 is 2.13 bits per heavy atom. The first-order valence-electron chi connectivity index (χ1n) is 10.4. The van der Waals surface area contributed by atoms with Gasteiger partial charge in [-0.25, -0.2) is 9.97 Å². The molecule has 0 atom stereocenters. The van der Waals surface area contributed by atoms with Gasteiger partial charge in [0.1, 0.15) is 17.8 Å². The fourth-order valence-corrected chi connectivity index (χ4v) is 3.18. The molecule has 3 aromatic rings. The van der Waals surface area contributed by atoms with Crippen molar-refractivity contribution in [2.45, 2.75) is 39.5 Å². The number of aliphatic imine (C=N–C) groups is 1. The van der Waals surface area contributed by atoms with Gasteiger partial charge in [0, 0.05) is 25.0 Å². The van der Waals surface area contributed by atoms with Gasteiger partial charge in [0.25, 0.3) is 0 Å². The van der Waals surface area contributed by atoms with E-state index in [9.17, 15) is 5.11 Å². The standard InChI is InChI=1S/C23H30N6O/c1-4-5-9-17(3)24-11-7-12-25-21-20-19(23(30)29-22(20)28-15-27-21)14-26-18-10-6-8-16(2)13-18/h6,8,10,13-15,24,30H,3-5,7,9,11-12H2,1-2H3,(H2,25,27,28,29). The fourth-order valence-electron chi connectivity index (χ4n) is 3.18. The van der Waals surface area contributed by atoms with E-state index in [4.69, 9.17) is 0 Å². The lowest BCUT2D eigenvalue weighted by Crippen LogP contribution is -2.17. The maximum absolute atomic E-state index is 10.4. The van der Waals surface area contributed by atoms with E-state index in [2.05, 4.69) is 44.1 Å². The normalized spacial score (nSPS) is 11.3. The number of aryl methyl sites for hydroxylation is 1. The summed E-state index contributed by atoms with van der Waals surface area (Å²) in [5, 5.41) is 17.8. The predicted molar refractivity (Wildman–Crippen MR) is 124 cm³/mol. The van der Waals surface area contributed by atoms with Crippen LogP contribution < -0.4 is 10.6 Å². The molecular formula is C23H30N6O. The number of H-pyrrole nitrogens is 1. The number of aromatic nitrogens is 3. The minimum atomic E-state index is 0.0267. The number of hydrogen-bond acceptors (Lipinski definition) is 6. The number of aromatic hydroxyl groups is 1. The molecule has 2 aromatic heterocycles. The first-order chi connectivity index (χ1) is 14.6. The lowest BCUT2D eigenvalue weighted by atomic mass is 10.2. The molecule has 30 heavy (non-hydrogen) atoms. The molecular weight excluding hydrogens is 376 g/mol. The summed E-state index contributed by atoms with van der Waals surface area (Å²) in [6, 6.07) is 7.88. The number of aromatic amines is 1. The van der Waals surface area contributed by atoms with Gasteiger partial charge in [-0.15, -0.1) is 0 Å². The smallest absolute Gasteiger partial charge is 0.199 e. The van der Waals surface area contributed by atoms with Gasteiger partial charge in [-0.3, -0.25) is 4.99 Å². The highest BCUT2D eigenvalue weighted by Gasteiger charge is 2.15. The number of benzene rings is 1. The Hall–Kier alpha value is -3.35. The molecule has 0 unspecified atom stereocenters. The Bertz CT molecular complexity index is 1020. The number of rotatable bonds is 11. The van der Waals surface area contributed by atoms with Gasteiger partial charge < -0.3 is 20.7 Å². The third-order valence-corrected chi connectivity index (χ3v) is 4.81. The molecule has 0 bridgehead atoms. The molecule has 0 radical (unpaired) electrons. The molecule has 0 fully saturated rings. The van der Waals surface area contributed by atoms with Gasteiger partial charge in [0.2, 0.25) is 0 Å². The van der Waals surface area contributed by atoms with Crippen LogP contribution in [-0.2, 0) is 0 Å². The van der Waals surface area contributed by atoms with Gasteiger partial charge in [-0.1, -0.05) is 32.1 Å². The van der Waals surface area contributed by atoms with Crippen molar-refractivity contribution in [1.29, 1.82) is 0 Å². The molecule has 0 saturated heterocycles. The van der Waals surface area contributed by atoms with Crippen molar-refractivity contribution in [3.05, 3.63) is 54.0 Å². The largest absolute Gasteiger partial charge is 0.494 e. The van der Waals surface area contributed by atoms with E-state index >= 15 is 0 Å². The lowest BCUT2D eigenvalue weighted by molar-refractivity contribution is 0.457. The van der Waals surface area contributed by atoms with Crippen molar-refractivity contribution < 1.29 is 5.11 Å². The second-order valence-electron chi connectivity index (χ2n) is 7.34. The highest BCUT2D eigenvalue weighted by atomic mass is 16.3. The van der Waals surface area contributed by atoms with Crippen LogP contribution in [0.2, 0.25) is 0 Å². The average molecular weight is 407 g/mol. The zero-order valence-electron chi connectivity index (χ0n) is 17.7. The molecule has 0 aliphatic heterocycles. The highest BCUT2D eigenvalue weighted by molar-refractivity contribution is 6.06. The van der Waals surface area contributed by atoms with Crippen LogP contribution in [0, 0.1) is 6.92 Å². The summed E-state index contributed by atoms with van der Waals surface area (Å²) in [6.45, 7) is 9.84. The summed E-state index contributed by atoms with van der Waals surface area (Å²) >= 11 is 0. The summed E-state index contributed by atoms with van der Waals surface area (Å²) in [5.41, 5.74) is 4.18. The van der Waals surface area contributed by atoms with Crippen LogP contribution in [0.25, 0.3) is 11.0 Å². The van der Waals surface area contributed by atoms with E-state index in [1.807, 2.05) is 31.2 Å². The van der Waals surface area contributed by atoms with Crippen LogP contribution in [0.3, 0.4) is 0 Å². The summed E-state index contributed by atoms with van der Waals surface area (Å²) in [4.78, 5) is 16.0. The molecule has 3 rings (SSSR count). The summed E-state index contributed by atoms with van der Waals surface area (Å²) in [7, 11) is 0. The van der Waals surface area contributed by atoms with Crippen molar-refractivity contribution in [3.8, 4) is 5.88 Å². The van der Waals surface area contributed by atoms with Crippen molar-refractivity contribution in [3.63, 3.8) is 0 Å². The van der Waals surface area contributed by atoms with Gasteiger partial charge in [-0.2, -0.15) is 0 Å². The number of nitrogens with one attached hydrogen (secondary N) is 3. The van der Waals surface area contributed by atoms with Crippen LogP contribution in [0.15, 0.2) is 47.9 Å². The zero-order valence-corrected chi connectivity index (χ0v) is 17.7. The predicted octanol–water partition coefficient (Wildman–Crippen LogP) is 4.82. The molecule has 4 N–H and O–H groups in total. The number of unbranched alkanes of at least 4 members (excludes halogenated alkanes) is 1. The van der Waals surface area contributed by atoms with Crippen molar-refractivity contribution in [1.82, 2.24) is 20.3 Å².